The average molecular weight is 433 g/mol. The lowest BCUT2D eigenvalue weighted by atomic mass is 10.2. The molecule has 0 aliphatic carbocycles. The number of ether oxygens (including phenoxy) is 1. The van der Waals surface area contributed by atoms with Crippen LogP contribution in [0.3, 0.4) is 0 Å². The van der Waals surface area contributed by atoms with Crippen LogP contribution in [0.15, 0.2) is 6.07 Å². The van der Waals surface area contributed by atoms with Gasteiger partial charge in [0.1, 0.15) is 0 Å². The van der Waals surface area contributed by atoms with E-state index in [-0.39, 0.29) is 31.7 Å². The summed E-state index contributed by atoms with van der Waals surface area (Å²) in [6, 6.07) is 0.706. The van der Waals surface area contributed by atoms with Gasteiger partial charge >= 0.3 is 11.9 Å². The maximum atomic E-state index is 13.4. The minimum atomic E-state index is -1.49. The molecule has 2 rings (SSSR count). The largest absolute Gasteiger partial charge is 0.420 e. The fourth-order valence-electron chi connectivity index (χ4n) is 1.86. The Bertz CT molecular complexity index is 781. The molecule has 0 bridgehead atoms. The van der Waals surface area contributed by atoms with E-state index in [2.05, 4.69) is 9.57 Å². The second kappa shape index (κ2) is 11.3. The molecule has 1 saturated heterocycles. The van der Waals surface area contributed by atoms with Crippen molar-refractivity contribution >= 4 is 23.8 Å². The summed E-state index contributed by atoms with van der Waals surface area (Å²) in [4.78, 5) is 48.7. The first-order chi connectivity index (χ1) is 13.4. The number of rotatable bonds is 4. The molecule has 0 aromatic heterocycles. The lowest BCUT2D eigenvalue weighted by Crippen LogP contribution is -2.33. The average Bonchev–Trinajstić information content (AvgIpc) is 2.95. The normalized spacial score (nSPS) is 13.1. The first kappa shape index (κ1) is 27.1. The molecule has 7 nitrogen and oxygen atoms in total. The molecular formula is C20H26F3NO6. The van der Waals surface area contributed by atoms with Crippen LogP contribution >= 0.6 is 0 Å². The molecule has 1 aliphatic heterocycles. The molecule has 0 spiro atoms. The zero-order valence-electron chi connectivity index (χ0n) is 16.7. The number of hydrogen-bond donors (Lipinski definition) is 0. The van der Waals surface area contributed by atoms with Crippen LogP contribution in [-0.4, -0.2) is 28.8 Å². The van der Waals surface area contributed by atoms with E-state index in [1.54, 1.807) is 13.8 Å². The van der Waals surface area contributed by atoms with Crippen molar-refractivity contribution in [3.63, 3.8) is 0 Å². The summed E-state index contributed by atoms with van der Waals surface area (Å²) in [6.07, 6.45) is 0.258. The number of nitrogens with zero attached hydrogens (tertiary/aromatic N) is 1. The lowest BCUT2D eigenvalue weighted by Gasteiger charge is -2.13. The van der Waals surface area contributed by atoms with Gasteiger partial charge in [0.15, 0.2) is 11.6 Å². The summed E-state index contributed by atoms with van der Waals surface area (Å²) in [5.74, 6) is -7.94. The van der Waals surface area contributed by atoms with E-state index in [1.165, 1.54) is 20.8 Å². The van der Waals surface area contributed by atoms with Gasteiger partial charge in [-0.1, -0.05) is 35.1 Å². The van der Waals surface area contributed by atoms with E-state index >= 15 is 0 Å². The molecule has 1 aromatic carbocycles. The maximum absolute atomic E-state index is 13.4. The first-order valence-corrected chi connectivity index (χ1v) is 8.80. The van der Waals surface area contributed by atoms with Crippen LogP contribution < -0.4 is 4.74 Å². The fourth-order valence-corrected chi connectivity index (χ4v) is 1.86. The van der Waals surface area contributed by atoms with Crippen molar-refractivity contribution in [3.8, 4) is 5.75 Å². The number of carbonyl (C=O) groups excluding carboxylic acids is 4. The molecule has 10 heteroatoms. The van der Waals surface area contributed by atoms with Gasteiger partial charge in [0.05, 0.1) is 11.8 Å². The number of esters is 1. The second-order valence-corrected chi connectivity index (χ2v) is 6.86. The molecule has 0 saturated carbocycles. The highest BCUT2D eigenvalue weighted by atomic mass is 19.2. The molecule has 1 aliphatic rings. The highest BCUT2D eigenvalue weighted by Crippen LogP contribution is 2.27. The Labute approximate surface area is 173 Å². The summed E-state index contributed by atoms with van der Waals surface area (Å²) in [5, 5.41) is 0.558. The van der Waals surface area contributed by atoms with Gasteiger partial charge in [0.2, 0.25) is 11.6 Å². The lowest BCUT2D eigenvalue weighted by molar-refractivity contribution is -0.199. The highest BCUT2D eigenvalue weighted by Gasteiger charge is 2.33. The summed E-state index contributed by atoms with van der Waals surface area (Å²) >= 11 is 0. The highest BCUT2D eigenvalue weighted by molar-refractivity contribution is 6.01. The van der Waals surface area contributed by atoms with Gasteiger partial charge in [0, 0.05) is 12.8 Å². The Morgan fingerprint density at radius 1 is 0.933 bits per heavy atom. The predicted octanol–water partition coefficient (Wildman–Crippen LogP) is 3.86. The quantitative estimate of drug-likeness (QED) is 0.310. The second-order valence-electron chi connectivity index (χ2n) is 6.86. The molecule has 0 unspecified atom stereocenters. The van der Waals surface area contributed by atoms with Crippen LogP contribution in [0.4, 0.5) is 13.2 Å². The number of halogens is 3. The van der Waals surface area contributed by atoms with Crippen molar-refractivity contribution in [1.82, 2.24) is 5.06 Å². The summed E-state index contributed by atoms with van der Waals surface area (Å²) < 4.78 is 44.0. The zero-order valence-corrected chi connectivity index (χ0v) is 16.7. The van der Waals surface area contributed by atoms with E-state index in [0.717, 1.165) is 0 Å². The zero-order chi connectivity index (χ0) is 22.5. The third-order valence-electron chi connectivity index (χ3n) is 3.63. The number of hydrogen-bond acceptors (Lipinski definition) is 6. The molecule has 168 valence electrons. The number of amides is 2. The van der Waals surface area contributed by atoms with Crippen molar-refractivity contribution in [2.45, 2.75) is 54.9 Å². The predicted molar refractivity (Wildman–Crippen MR) is 100 cm³/mol. The Kier molecular flexibility index (Phi) is 10.2. The van der Waals surface area contributed by atoms with Crippen molar-refractivity contribution in [2.75, 3.05) is 0 Å². The van der Waals surface area contributed by atoms with Crippen LogP contribution in [-0.2, 0) is 24.0 Å². The molecule has 30 heavy (non-hydrogen) atoms. The number of benzene rings is 1. The van der Waals surface area contributed by atoms with Gasteiger partial charge < -0.3 is 9.57 Å². The van der Waals surface area contributed by atoms with Crippen molar-refractivity contribution in [3.05, 3.63) is 29.1 Å². The van der Waals surface area contributed by atoms with Gasteiger partial charge in [-0.2, -0.15) is 4.39 Å². The summed E-state index contributed by atoms with van der Waals surface area (Å²) in [6.45, 7) is 7.53. The summed E-state index contributed by atoms with van der Waals surface area (Å²) in [7, 11) is 0. The van der Waals surface area contributed by atoms with E-state index in [4.69, 9.17) is 0 Å². The van der Waals surface area contributed by atoms with Gasteiger partial charge in [-0.05, 0) is 18.6 Å². The Hall–Kier alpha value is -2.91. The molecular weight excluding hydrogens is 407 g/mol. The van der Waals surface area contributed by atoms with Crippen LogP contribution in [0.5, 0.6) is 5.75 Å². The van der Waals surface area contributed by atoms with Crippen molar-refractivity contribution in [1.29, 1.82) is 0 Å². The minimum absolute atomic E-state index is 0. The standard InChI is InChI=1S/C11H11F3O2.C8H11NO4.CH4/c1-5(2)11(15)16-10-8(13)6(3)4-7(12)9(10)14;1-5(2)8(12)13-9-6(10)3-4-7(9)11;/h4-5H,1-3H3;5H,3-4H2,1-2H3;1H4. The smallest absolute Gasteiger partial charge is 0.335 e. The Balaban J connectivity index is 0.000000553. The topological polar surface area (TPSA) is 90.0 Å². The monoisotopic (exact) mass is 433 g/mol. The molecule has 2 amide bonds. The summed E-state index contributed by atoms with van der Waals surface area (Å²) in [5.41, 5.74) is -0.120. The Morgan fingerprint density at radius 3 is 1.83 bits per heavy atom. The van der Waals surface area contributed by atoms with Gasteiger partial charge in [-0.3, -0.25) is 14.4 Å². The number of carbonyl (C=O) groups is 4. The van der Waals surface area contributed by atoms with Crippen LogP contribution in [0.25, 0.3) is 0 Å². The van der Waals surface area contributed by atoms with Crippen LogP contribution in [0, 0.1) is 36.2 Å². The molecule has 0 N–H and O–H groups in total. The van der Waals surface area contributed by atoms with Gasteiger partial charge in [-0.25, -0.2) is 13.6 Å². The van der Waals surface area contributed by atoms with Crippen molar-refractivity contribution < 1.29 is 41.9 Å². The van der Waals surface area contributed by atoms with Gasteiger partial charge in [0.25, 0.3) is 11.8 Å². The third kappa shape index (κ3) is 6.85. The maximum Gasteiger partial charge on any atom is 0.335 e. The number of hydroxylamine groups is 2. The first-order valence-electron chi connectivity index (χ1n) is 8.80. The van der Waals surface area contributed by atoms with Gasteiger partial charge in [-0.15, -0.1) is 5.06 Å². The van der Waals surface area contributed by atoms with E-state index in [9.17, 15) is 32.3 Å². The molecule has 0 radical (unpaired) electrons. The molecule has 1 fully saturated rings. The molecule has 1 aromatic rings. The van der Waals surface area contributed by atoms with E-state index in [1.807, 2.05) is 0 Å². The van der Waals surface area contributed by atoms with Crippen LogP contribution in [0.1, 0.15) is 53.5 Å². The molecule has 0 atom stereocenters. The fraction of sp³-hybridized carbons (Fsp3) is 0.500. The third-order valence-corrected chi connectivity index (χ3v) is 3.63. The van der Waals surface area contributed by atoms with E-state index in [0.29, 0.717) is 11.1 Å². The SMILES string of the molecule is C.CC(C)C(=O)ON1C(=O)CCC1=O.Cc1cc(F)c(F)c(OC(=O)C(C)C)c1F. The molecule has 1 heterocycles. The number of aryl methyl sites for hydroxylation is 1. The van der Waals surface area contributed by atoms with Crippen LogP contribution in [0.2, 0.25) is 0 Å². The van der Waals surface area contributed by atoms with Crippen molar-refractivity contribution in [2.24, 2.45) is 11.8 Å². The Morgan fingerprint density at radius 2 is 1.40 bits per heavy atom. The minimum Gasteiger partial charge on any atom is -0.420 e. The van der Waals surface area contributed by atoms with E-state index < -0.39 is 52.9 Å². The number of imide groups is 1.